The van der Waals surface area contributed by atoms with Gasteiger partial charge in [0.1, 0.15) is 11.6 Å². The Morgan fingerprint density at radius 2 is 1.71 bits per heavy atom. The zero-order chi connectivity index (χ0) is 26.2. The number of phenolic OH excluding ortho intramolecular Hbond substituents is 1. The molecule has 0 aliphatic carbocycles. The number of halogens is 4. The highest BCUT2D eigenvalue weighted by atomic mass is 35.5. The van der Waals surface area contributed by atoms with Crippen LogP contribution in [0.3, 0.4) is 0 Å². The molecule has 35 heavy (non-hydrogen) atoms. The van der Waals surface area contributed by atoms with Crippen LogP contribution in [0.15, 0.2) is 58.3 Å². The van der Waals surface area contributed by atoms with Gasteiger partial charge in [0.05, 0.1) is 12.1 Å². The summed E-state index contributed by atoms with van der Waals surface area (Å²) in [5, 5.41) is 13.3. The summed E-state index contributed by atoms with van der Waals surface area (Å²) in [6.07, 6.45) is -2.88. The highest BCUT2D eigenvalue weighted by molar-refractivity contribution is 6.30. The van der Waals surface area contributed by atoms with Gasteiger partial charge in [0.15, 0.2) is 0 Å². The second kappa shape index (κ2) is 12.4. The van der Waals surface area contributed by atoms with Crippen molar-refractivity contribution < 1.29 is 18.3 Å². The fourth-order valence-electron chi connectivity index (χ4n) is 2.72. The first-order valence-electron chi connectivity index (χ1n) is 10.9. The number of benzene rings is 2. The zero-order valence-electron chi connectivity index (χ0n) is 19.9. The van der Waals surface area contributed by atoms with E-state index >= 15 is 0 Å². The molecule has 0 saturated heterocycles. The smallest absolute Gasteiger partial charge is 0.388 e. The minimum Gasteiger partial charge on any atom is -0.508 e. The van der Waals surface area contributed by atoms with Crippen molar-refractivity contribution in [3.63, 3.8) is 0 Å². The summed E-state index contributed by atoms with van der Waals surface area (Å²) >= 11 is 6.01. The lowest BCUT2D eigenvalue weighted by Gasteiger charge is -2.18. The molecule has 0 aliphatic rings. The molecule has 0 radical (unpaired) electrons. The number of phenols is 1. The molecule has 0 amide bonds. The van der Waals surface area contributed by atoms with Crippen LogP contribution >= 0.6 is 11.6 Å². The summed E-state index contributed by atoms with van der Waals surface area (Å²) in [5.41, 5.74) is 1.83. The van der Waals surface area contributed by atoms with Crippen LogP contribution in [-0.2, 0) is 6.54 Å². The molecule has 3 rings (SSSR count). The van der Waals surface area contributed by atoms with Crippen molar-refractivity contribution >= 4 is 35.3 Å². The SMILES string of the molecule is CCC(F)(F)F.Cc1c(/N=C\C(C)C)n(Cc2ccc(Cl)cc2)c(Nc2ccc(O)cc2)nc1=O. The molecule has 3 aromatic rings. The van der Waals surface area contributed by atoms with Gasteiger partial charge in [-0.25, -0.2) is 4.99 Å². The van der Waals surface area contributed by atoms with Gasteiger partial charge in [-0.15, -0.1) is 0 Å². The fraction of sp³-hybridized carbons (Fsp3) is 0.320. The minimum atomic E-state index is -3.96. The van der Waals surface area contributed by atoms with E-state index in [4.69, 9.17) is 11.6 Å². The zero-order valence-corrected chi connectivity index (χ0v) is 20.7. The molecular formula is C25H28ClF3N4O2. The third-order valence-corrected chi connectivity index (χ3v) is 4.90. The van der Waals surface area contributed by atoms with Gasteiger partial charge in [-0.2, -0.15) is 18.2 Å². The highest BCUT2D eigenvalue weighted by Crippen LogP contribution is 2.25. The lowest BCUT2D eigenvalue weighted by molar-refractivity contribution is -0.130. The highest BCUT2D eigenvalue weighted by Gasteiger charge is 2.22. The van der Waals surface area contributed by atoms with Gasteiger partial charge >= 0.3 is 6.18 Å². The van der Waals surface area contributed by atoms with Gasteiger partial charge in [-0.1, -0.05) is 44.5 Å². The monoisotopic (exact) mass is 508 g/mol. The minimum absolute atomic E-state index is 0.160. The Hall–Kier alpha value is -3.33. The van der Waals surface area contributed by atoms with Crippen molar-refractivity contribution in [2.24, 2.45) is 10.9 Å². The Bertz CT molecular complexity index is 1190. The lowest BCUT2D eigenvalue weighted by atomic mass is 10.2. The van der Waals surface area contributed by atoms with Crippen LogP contribution in [0.4, 0.5) is 30.6 Å². The van der Waals surface area contributed by atoms with Crippen molar-refractivity contribution in [1.82, 2.24) is 9.55 Å². The standard InChI is InChI=1S/C22H23ClN4O2.C3H5F3/c1-14(2)12-24-20-15(3)21(29)26-22(25-18-8-10-19(28)11-9-18)27(20)13-16-4-6-17(23)7-5-16;1-2-3(4,5)6/h4-12,14,28H,13H2,1-3H3,(H,25,26,29);2H2,1H3/b24-12-;. The average Bonchev–Trinajstić information content (AvgIpc) is 2.79. The summed E-state index contributed by atoms with van der Waals surface area (Å²) < 4.78 is 34.2. The van der Waals surface area contributed by atoms with E-state index in [-0.39, 0.29) is 17.2 Å². The first kappa shape index (κ1) is 27.9. The maximum absolute atomic E-state index is 12.5. The van der Waals surface area contributed by atoms with E-state index in [0.29, 0.717) is 34.6 Å². The topological polar surface area (TPSA) is 79.5 Å². The molecule has 2 aromatic carbocycles. The van der Waals surface area contributed by atoms with Gasteiger partial charge in [-0.05, 0) is 54.8 Å². The summed E-state index contributed by atoms with van der Waals surface area (Å²) in [6, 6.07) is 14.1. The molecule has 6 nitrogen and oxygen atoms in total. The quantitative estimate of drug-likeness (QED) is 0.277. The van der Waals surface area contributed by atoms with Crippen LogP contribution in [0.5, 0.6) is 5.75 Å². The molecule has 188 valence electrons. The van der Waals surface area contributed by atoms with E-state index in [2.05, 4.69) is 15.3 Å². The number of alkyl halides is 3. The van der Waals surface area contributed by atoms with Gasteiger partial charge in [0.25, 0.3) is 5.56 Å². The van der Waals surface area contributed by atoms with Crippen LogP contribution in [0.25, 0.3) is 0 Å². The molecule has 10 heteroatoms. The van der Waals surface area contributed by atoms with E-state index in [0.717, 1.165) is 12.5 Å². The van der Waals surface area contributed by atoms with E-state index in [9.17, 15) is 23.1 Å². The van der Waals surface area contributed by atoms with Crippen LogP contribution in [0.2, 0.25) is 5.02 Å². The second-order valence-electron chi connectivity index (χ2n) is 8.06. The molecule has 0 bridgehead atoms. The number of aliphatic imine (C=N–C) groups is 1. The lowest BCUT2D eigenvalue weighted by Crippen LogP contribution is -2.20. The number of aromatic nitrogens is 2. The average molecular weight is 509 g/mol. The Morgan fingerprint density at radius 1 is 1.14 bits per heavy atom. The summed E-state index contributed by atoms with van der Waals surface area (Å²) in [5.74, 6) is 1.32. The van der Waals surface area contributed by atoms with Crippen molar-refractivity contribution in [3.05, 3.63) is 75.0 Å². The van der Waals surface area contributed by atoms with Gasteiger partial charge < -0.3 is 10.4 Å². The summed E-state index contributed by atoms with van der Waals surface area (Å²) in [4.78, 5) is 21.3. The molecule has 1 aromatic heterocycles. The largest absolute Gasteiger partial charge is 0.508 e. The Kier molecular flexibility index (Phi) is 9.89. The number of rotatable bonds is 6. The number of nitrogens with zero attached hydrogens (tertiary/aromatic N) is 3. The van der Waals surface area contributed by atoms with Crippen molar-refractivity contribution in [1.29, 1.82) is 0 Å². The molecule has 0 fully saturated rings. The Morgan fingerprint density at radius 3 is 2.23 bits per heavy atom. The van der Waals surface area contributed by atoms with Crippen LogP contribution < -0.4 is 10.9 Å². The molecule has 0 unspecified atom stereocenters. The molecule has 0 atom stereocenters. The maximum atomic E-state index is 12.5. The van der Waals surface area contributed by atoms with Crippen molar-refractivity contribution in [3.8, 4) is 5.75 Å². The van der Waals surface area contributed by atoms with Crippen LogP contribution in [-0.4, -0.2) is 27.0 Å². The fourth-order valence-corrected chi connectivity index (χ4v) is 2.84. The van der Waals surface area contributed by atoms with E-state index < -0.39 is 12.6 Å². The summed E-state index contributed by atoms with van der Waals surface area (Å²) in [6.45, 7) is 7.32. The molecule has 1 heterocycles. The predicted molar refractivity (Wildman–Crippen MR) is 135 cm³/mol. The molecular weight excluding hydrogens is 481 g/mol. The van der Waals surface area contributed by atoms with Crippen molar-refractivity contribution in [2.45, 2.75) is 46.8 Å². The van der Waals surface area contributed by atoms with Gasteiger partial charge in [-0.3, -0.25) is 9.36 Å². The van der Waals surface area contributed by atoms with Crippen LogP contribution in [0, 0.1) is 12.8 Å². The molecule has 2 N–H and O–H groups in total. The number of aromatic hydroxyl groups is 1. The third-order valence-electron chi connectivity index (χ3n) is 4.65. The molecule has 0 saturated carbocycles. The Balaban J connectivity index is 0.000000641. The number of hydrogen-bond donors (Lipinski definition) is 2. The van der Waals surface area contributed by atoms with Gasteiger partial charge in [0.2, 0.25) is 5.95 Å². The number of anilines is 2. The molecule has 0 aliphatic heterocycles. The van der Waals surface area contributed by atoms with Crippen molar-refractivity contribution in [2.75, 3.05) is 5.32 Å². The molecule has 0 spiro atoms. The summed E-state index contributed by atoms with van der Waals surface area (Å²) in [7, 11) is 0. The normalized spacial score (nSPS) is 11.5. The predicted octanol–water partition coefficient (Wildman–Crippen LogP) is 7.02. The second-order valence-corrected chi connectivity index (χ2v) is 8.50. The maximum Gasteiger partial charge on any atom is 0.388 e. The van der Waals surface area contributed by atoms with Gasteiger partial charge in [0, 0.05) is 23.3 Å². The van der Waals surface area contributed by atoms with Crippen LogP contribution in [0.1, 0.15) is 38.3 Å². The van der Waals surface area contributed by atoms with E-state index in [1.807, 2.05) is 48.9 Å². The number of hydrogen-bond acceptors (Lipinski definition) is 5. The third kappa shape index (κ3) is 9.09. The number of nitrogens with one attached hydrogen (secondary N) is 1. The first-order valence-corrected chi connectivity index (χ1v) is 11.3. The Labute approximate surface area is 207 Å². The van der Waals surface area contributed by atoms with E-state index in [1.165, 1.54) is 0 Å². The van der Waals surface area contributed by atoms with E-state index in [1.54, 1.807) is 31.2 Å². The first-order chi connectivity index (χ1) is 16.4.